The van der Waals surface area contributed by atoms with Gasteiger partial charge < -0.3 is 5.11 Å². The number of carboxylic acids is 1. The first-order valence-corrected chi connectivity index (χ1v) is 7.28. The van der Waals surface area contributed by atoms with Gasteiger partial charge in [0.25, 0.3) is 0 Å². The normalized spacial score (nSPS) is 25.6. The van der Waals surface area contributed by atoms with Gasteiger partial charge in [0.15, 0.2) is 0 Å². The third kappa shape index (κ3) is 4.27. The lowest BCUT2D eigenvalue weighted by Gasteiger charge is -2.30. The van der Waals surface area contributed by atoms with Gasteiger partial charge >= 0.3 is 5.97 Å². The lowest BCUT2D eigenvalue weighted by Crippen LogP contribution is -2.36. The highest BCUT2D eigenvalue weighted by molar-refractivity contribution is 5.71. The minimum atomic E-state index is -0.627. The number of rotatable bonds is 6. The topological polar surface area (TPSA) is 40.5 Å². The summed E-state index contributed by atoms with van der Waals surface area (Å²) in [6.07, 6.45) is 2.36. The van der Waals surface area contributed by atoms with Crippen molar-refractivity contribution in [2.45, 2.75) is 53.5 Å². The molecule has 1 heterocycles. The molecule has 0 aromatic heterocycles. The molecular formula is C15H29NO2. The summed E-state index contributed by atoms with van der Waals surface area (Å²) < 4.78 is 0. The van der Waals surface area contributed by atoms with Crippen LogP contribution in [0.3, 0.4) is 0 Å². The Morgan fingerprint density at radius 1 is 1.17 bits per heavy atom. The number of likely N-dealkylation sites (tertiary alicyclic amines) is 1. The third-order valence-electron chi connectivity index (χ3n) is 3.96. The van der Waals surface area contributed by atoms with Gasteiger partial charge in [-0.1, -0.05) is 34.6 Å². The molecule has 106 valence electrons. The number of aliphatic carboxylic acids is 1. The van der Waals surface area contributed by atoms with Crippen molar-refractivity contribution in [3.63, 3.8) is 0 Å². The Kier molecular flexibility index (Phi) is 5.64. The standard InChI is InChI=1S/C15H29NO2/c1-10(2)6-13(7-11(3)4)16-8-12(5)14(9-16)15(17)18/h10-14H,6-9H2,1-5H3,(H,17,18)/t12-,14-/m1/s1. The number of nitrogens with zero attached hydrogens (tertiary/aromatic N) is 1. The molecule has 0 radical (unpaired) electrons. The fourth-order valence-electron chi connectivity index (χ4n) is 3.11. The fraction of sp³-hybridized carbons (Fsp3) is 0.933. The first-order chi connectivity index (χ1) is 8.31. The zero-order chi connectivity index (χ0) is 13.9. The minimum absolute atomic E-state index is 0.174. The van der Waals surface area contributed by atoms with Gasteiger partial charge in [-0.3, -0.25) is 9.69 Å². The predicted octanol–water partition coefficient (Wildman–Crippen LogP) is 3.10. The van der Waals surface area contributed by atoms with Crippen LogP contribution in [-0.2, 0) is 4.79 Å². The summed E-state index contributed by atoms with van der Waals surface area (Å²) in [7, 11) is 0. The van der Waals surface area contributed by atoms with Gasteiger partial charge in [0.2, 0.25) is 0 Å². The third-order valence-corrected chi connectivity index (χ3v) is 3.96. The molecule has 1 aliphatic heterocycles. The molecule has 1 saturated heterocycles. The maximum Gasteiger partial charge on any atom is 0.308 e. The van der Waals surface area contributed by atoms with Gasteiger partial charge in [0.05, 0.1) is 5.92 Å². The molecule has 3 heteroatoms. The van der Waals surface area contributed by atoms with Crippen LogP contribution in [0, 0.1) is 23.7 Å². The van der Waals surface area contributed by atoms with Crippen molar-refractivity contribution in [2.24, 2.45) is 23.7 Å². The quantitative estimate of drug-likeness (QED) is 0.793. The second kappa shape index (κ2) is 6.55. The predicted molar refractivity (Wildman–Crippen MR) is 74.6 cm³/mol. The summed E-state index contributed by atoms with van der Waals surface area (Å²) in [6.45, 7) is 12.8. The van der Waals surface area contributed by atoms with Gasteiger partial charge in [-0.05, 0) is 30.6 Å². The molecule has 0 aliphatic carbocycles. The molecule has 2 atom stereocenters. The largest absolute Gasteiger partial charge is 0.481 e. The Hall–Kier alpha value is -0.570. The van der Waals surface area contributed by atoms with E-state index in [0.29, 0.717) is 17.9 Å². The smallest absolute Gasteiger partial charge is 0.308 e. The molecule has 0 unspecified atom stereocenters. The summed E-state index contributed by atoms with van der Waals surface area (Å²) in [5, 5.41) is 9.22. The van der Waals surface area contributed by atoms with Gasteiger partial charge in [-0.25, -0.2) is 0 Å². The van der Waals surface area contributed by atoms with E-state index in [2.05, 4.69) is 39.5 Å². The first-order valence-electron chi connectivity index (χ1n) is 7.28. The Morgan fingerprint density at radius 3 is 2.00 bits per heavy atom. The van der Waals surface area contributed by atoms with Crippen LogP contribution in [0.2, 0.25) is 0 Å². The van der Waals surface area contributed by atoms with Crippen LogP contribution in [0.5, 0.6) is 0 Å². The van der Waals surface area contributed by atoms with E-state index in [-0.39, 0.29) is 11.8 Å². The van der Waals surface area contributed by atoms with Gasteiger partial charge in [-0.15, -0.1) is 0 Å². The summed E-state index contributed by atoms with van der Waals surface area (Å²) in [5.74, 6) is 0.829. The lowest BCUT2D eigenvalue weighted by molar-refractivity contribution is -0.142. The average Bonchev–Trinajstić information content (AvgIpc) is 2.57. The zero-order valence-electron chi connectivity index (χ0n) is 12.5. The number of carboxylic acid groups (broad SMARTS) is 1. The molecule has 0 spiro atoms. The summed E-state index contributed by atoms with van der Waals surface area (Å²) >= 11 is 0. The van der Waals surface area contributed by atoms with Crippen LogP contribution in [0.15, 0.2) is 0 Å². The van der Waals surface area contributed by atoms with Gasteiger partial charge in [0, 0.05) is 19.1 Å². The zero-order valence-corrected chi connectivity index (χ0v) is 12.5. The second-order valence-corrected chi connectivity index (χ2v) is 6.79. The molecule has 0 bridgehead atoms. The monoisotopic (exact) mass is 255 g/mol. The van der Waals surface area contributed by atoms with Crippen molar-refractivity contribution in [1.29, 1.82) is 0 Å². The second-order valence-electron chi connectivity index (χ2n) is 6.79. The fourth-order valence-corrected chi connectivity index (χ4v) is 3.11. The molecule has 3 nitrogen and oxygen atoms in total. The molecular weight excluding hydrogens is 226 g/mol. The van der Waals surface area contributed by atoms with Crippen LogP contribution in [0.1, 0.15) is 47.5 Å². The van der Waals surface area contributed by atoms with Crippen molar-refractivity contribution in [3.05, 3.63) is 0 Å². The Bertz CT molecular complexity index is 266. The van der Waals surface area contributed by atoms with Crippen molar-refractivity contribution in [3.8, 4) is 0 Å². The Balaban J connectivity index is 2.66. The van der Waals surface area contributed by atoms with Crippen LogP contribution in [0.25, 0.3) is 0 Å². The Morgan fingerprint density at radius 2 is 1.67 bits per heavy atom. The summed E-state index contributed by atoms with van der Waals surface area (Å²) in [5.41, 5.74) is 0. The highest BCUT2D eigenvalue weighted by atomic mass is 16.4. The van der Waals surface area contributed by atoms with Gasteiger partial charge in [0.1, 0.15) is 0 Å². The summed E-state index contributed by atoms with van der Waals surface area (Å²) in [4.78, 5) is 13.6. The van der Waals surface area contributed by atoms with E-state index >= 15 is 0 Å². The average molecular weight is 255 g/mol. The molecule has 1 rings (SSSR count). The molecule has 1 fully saturated rings. The number of hydrogen-bond acceptors (Lipinski definition) is 2. The van der Waals surface area contributed by atoms with Crippen LogP contribution in [0.4, 0.5) is 0 Å². The highest BCUT2D eigenvalue weighted by Gasteiger charge is 2.37. The lowest BCUT2D eigenvalue weighted by atomic mass is 9.94. The van der Waals surface area contributed by atoms with Gasteiger partial charge in [-0.2, -0.15) is 0 Å². The van der Waals surface area contributed by atoms with Crippen molar-refractivity contribution < 1.29 is 9.90 Å². The Labute approximate surface area is 112 Å². The molecule has 0 aromatic carbocycles. The van der Waals surface area contributed by atoms with E-state index in [4.69, 9.17) is 0 Å². The molecule has 0 amide bonds. The first kappa shape index (κ1) is 15.5. The molecule has 0 aromatic rings. The number of carbonyl (C=O) groups is 1. The van der Waals surface area contributed by atoms with Crippen molar-refractivity contribution >= 4 is 5.97 Å². The van der Waals surface area contributed by atoms with Crippen LogP contribution < -0.4 is 0 Å². The van der Waals surface area contributed by atoms with E-state index in [1.54, 1.807) is 0 Å². The van der Waals surface area contributed by atoms with Crippen molar-refractivity contribution in [1.82, 2.24) is 4.90 Å². The van der Waals surface area contributed by atoms with E-state index < -0.39 is 5.97 Å². The number of hydrogen-bond donors (Lipinski definition) is 1. The SMILES string of the molecule is CC(C)CC(CC(C)C)N1C[C@@H](C)[C@H](C(=O)O)C1. The molecule has 0 saturated carbocycles. The van der Waals surface area contributed by atoms with E-state index in [0.717, 1.165) is 13.1 Å². The van der Waals surface area contributed by atoms with Crippen LogP contribution >= 0.6 is 0 Å². The molecule has 1 aliphatic rings. The maximum atomic E-state index is 11.2. The maximum absolute atomic E-state index is 11.2. The molecule has 1 N–H and O–H groups in total. The minimum Gasteiger partial charge on any atom is -0.481 e. The van der Waals surface area contributed by atoms with Crippen LogP contribution in [-0.4, -0.2) is 35.1 Å². The highest BCUT2D eigenvalue weighted by Crippen LogP contribution is 2.29. The molecule has 18 heavy (non-hydrogen) atoms. The van der Waals surface area contributed by atoms with Crippen molar-refractivity contribution in [2.75, 3.05) is 13.1 Å². The van der Waals surface area contributed by atoms with E-state index in [1.807, 2.05) is 0 Å². The van der Waals surface area contributed by atoms with E-state index in [1.165, 1.54) is 12.8 Å². The van der Waals surface area contributed by atoms with E-state index in [9.17, 15) is 9.90 Å². The summed E-state index contributed by atoms with van der Waals surface area (Å²) in [6, 6.07) is 0.553.